The van der Waals surface area contributed by atoms with Crippen molar-refractivity contribution in [1.29, 1.82) is 0 Å². The fourth-order valence-corrected chi connectivity index (χ4v) is 4.75. The van der Waals surface area contributed by atoms with E-state index in [1.807, 2.05) is 32.0 Å². The van der Waals surface area contributed by atoms with Gasteiger partial charge in [0.1, 0.15) is 17.1 Å². The molecular formula is C19H28N2O5S. The number of nitrogens with one attached hydrogen (secondary N) is 1. The molecule has 150 valence electrons. The van der Waals surface area contributed by atoms with Crippen molar-refractivity contribution in [1.82, 2.24) is 9.62 Å². The maximum atomic E-state index is 12.9. The molecule has 3 rings (SSSR count). The smallest absolute Gasteiger partial charge is 0.224 e. The van der Waals surface area contributed by atoms with Crippen LogP contribution < -0.4 is 14.8 Å². The van der Waals surface area contributed by atoms with E-state index in [9.17, 15) is 13.2 Å². The molecule has 0 unspecified atom stereocenters. The second-order valence-corrected chi connectivity index (χ2v) is 9.97. The molecule has 1 N–H and O–H groups in total. The number of hydrogen-bond acceptors (Lipinski definition) is 5. The zero-order chi connectivity index (χ0) is 19.8. The largest absolute Gasteiger partial charge is 0.497 e. The van der Waals surface area contributed by atoms with Crippen LogP contribution in [-0.4, -0.2) is 50.7 Å². The lowest BCUT2D eigenvalue weighted by Gasteiger charge is -2.39. The standard InChI is InChI=1S/C19H28N2O5S/c1-19(2)11-16(15-8-7-14(25-3)10-17(15)26-19)20-18(22)13-6-5-9-21(12-13)27(4,23)24/h7-8,10,13,16H,5-6,9,11-12H2,1-4H3,(H,20,22)/t13-,16-/m0/s1. The summed E-state index contributed by atoms with van der Waals surface area (Å²) in [6, 6.07) is 5.42. The van der Waals surface area contributed by atoms with Gasteiger partial charge in [-0.05, 0) is 38.8 Å². The number of rotatable bonds is 4. The van der Waals surface area contributed by atoms with Crippen LogP contribution in [0.3, 0.4) is 0 Å². The van der Waals surface area contributed by atoms with Crippen LogP contribution in [0, 0.1) is 5.92 Å². The molecule has 2 aliphatic rings. The Bertz CT molecular complexity index is 821. The van der Waals surface area contributed by atoms with Crippen LogP contribution in [0.5, 0.6) is 11.5 Å². The van der Waals surface area contributed by atoms with Crippen LogP contribution in [0.1, 0.15) is 44.7 Å². The van der Waals surface area contributed by atoms with Crippen molar-refractivity contribution in [2.24, 2.45) is 5.92 Å². The molecule has 0 aliphatic carbocycles. The van der Waals surface area contributed by atoms with E-state index >= 15 is 0 Å². The van der Waals surface area contributed by atoms with Gasteiger partial charge in [-0.3, -0.25) is 4.79 Å². The Labute approximate surface area is 161 Å². The third kappa shape index (κ3) is 4.55. The predicted octanol–water partition coefficient (Wildman–Crippen LogP) is 2.09. The maximum absolute atomic E-state index is 12.9. The summed E-state index contributed by atoms with van der Waals surface area (Å²) in [4.78, 5) is 12.9. The molecule has 7 nitrogen and oxygen atoms in total. The number of fused-ring (bicyclic) bond motifs is 1. The Hall–Kier alpha value is -1.80. The first-order chi connectivity index (χ1) is 12.6. The highest BCUT2D eigenvalue weighted by Crippen LogP contribution is 2.41. The van der Waals surface area contributed by atoms with Crippen molar-refractivity contribution in [2.45, 2.75) is 44.8 Å². The third-order valence-corrected chi connectivity index (χ3v) is 6.49. The first-order valence-corrected chi connectivity index (χ1v) is 11.1. The molecule has 1 amide bonds. The quantitative estimate of drug-likeness (QED) is 0.842. The minimum absolute atomic E-state index is 0.104. The molecule has 2 heterocycles. The van der Waals surface area contributed by atoms with Gasteiger partial charge in [-0.2, -0.15) is 0 Å². The number of amides is 1. The number of carbonyl (C=O) groups is 1. The molecule has 1 aromatic carbocycles. The normalized spacial score (nSPS) is 25.2. The monoisotopic (exact) mass is 396 g/mol. The lowest BCUT2D eigenvalue weighted by atomic mass is 9.88. The number of carbonyl (C=O) groups excluding carboxylic acids is 1. The number of nitrogens with zero attached hydrogens (tertiary/aromatic N) is 1. The summed E-state index contributed by atoms with van der Waals surface area (Å²) in [5.41, 5.74) is 0.488. The van der Waals surface area contributed by atoms with Crippen molar-refractivity contribution < 1.29 is 22.7 Å². The number of ether oxygens (including phenoxy) is 2. The average molecular weight is 397 g/mol. The van der Waals surface area contributed by atoms with Gasteiger partial charge in [-0.1, -0.05) is 0 Å². The van der Waals surface area contributed by atoms with Crippen molar-refractivity contribution in [3.8, 4) is 11.5 Å². The summed E-state index contributed by atoms with van der Waals surface area (Å²) in [7, 11) is -1.68. The number of methoxy groups -OCH3 is 1. The van der Waals surface area contributed by atoms with Crippen molar-refractivity contribution >= 4 is 15.9 Å². The average Bonchev–Trinajstić information content (AvgIpc) is 2.59. The van der Waals surface area contributed by atoms with Gasteiger partial charge in [0.25, 0.3) is 0 Å². The van der Waals surface area contributed by atoms with Gasteiger partial charge in [-0.15, -0.1) is 0 Å². The van der Waals surface area contributed by atoms with Crippen LogP contribution in [0.2, 0.25) is 0 Å². The highest BCUT2D eigenvalue weighted by atomic mass is 32.2. The van der Waals surface area contributed by atoms with Crippen molar-refractivity contribution in [3.05, 3.63) is 23.8 Å². The molecule has 1 saturated heterocycles. The number of benzene rings is 1. The SMILES string of the molecule is COc1ccc2c(c1)OC(C)(C)C[C@@H]2NC(=O)[C@H]1CCCN(S(C)(=O)=O)C1. The lowest BCUT2D eigenvalue weighted by molar-refractivity contribution is -0.127. The van der Waals surface area contributed by atoms with Crippen molar-refractivity contribution in [2.75, 3.05) is 26.5 Å². The van der Waals surface area contributed by atoms with E-state index in [0.29, 0.717) is 37.3 Å². The first-order valence-electron chi connectivity index (χ1n) is 9.21. The topological polar surface area (TPSA) is 84.9 Å². The molecule has 2 aliphatic heterocycles. The molecule has 0 aromatic heterocycles. The minimum atomic E-state index is -3.28. The van der Waals surface area contributed by atoms with E-state index in [0.717, 1.165) is 5.56 Å². The number of sulfonamides is 1. The van der Waals surface area contributed by atoms with Crippen LogP contribution in [0.15, 0.2) is 18.2 Å². The van der Waals surface area contributed by atoms with E-state index in [1.54, 1.807) is 7.11 Å². The molecule has 0 bridgehead atoms. The molecule has 1 aromatic rings. The highest BCUT2D eigenvalue weighted by molar-refractivity contribution is 7.88. The Morgan fingerprint density at radius 3 is 2.78 bits per heavy atom. The number of hydrogen-bond donors (Lipinski definition) is 1. The fraction of sp³-hybridized carbons (Fsp3) is 0.632. The maximum Gasteiger partial charge on any atom is 0.224 e. The molecule has 1 fully saturated rings. The van der Waals surface area contributed by atoms with Gasteiger partial charge in [0, 0.05) is 31.1 Å². The molecule has 0 radical (unpaired) electrons. The Morgan fingerprint density at radius 1 is 1.37 bits per heavy atom. The number of piperidine rings is 1. The minimum Gasteiger partial charge on any atom is -0.497 e. The molecule has 0 saturated carbocycles. The first kappa shape index (κ1) is 19.9. The zero-order valence-corrected chi connectivity index (χ0v) is 17.1. The molecule has 8 heteroatoms. The Balaban J connectivity index is 1.78. The van der Waals surface area contributed by atoms with E-state index in [4.69, 9.17) is 9.47 Å². The summed E-state index contributed by atoms with van der Waals surface area (Å²) in [6.45, 7) is 4.70. The van der Waals surface area contributed by atoms with E-state index in [1.165, 1.54) is 10.6 Å². The summed E-state index contributed by atoms with van der Waals surface area (Å²) < 4.78 is 36.4. The van der Waals surface area contributed by atoms with E-state index in [2.05, 4.69) is 5.32 Å². The van der Waals surface area contributed by atoms with Gasteiger partial charge in [-0.25, -0.2) is 12.7 Å². The van der Waals surface area contributed by atoms with Crippen LogP contribution >= 0.6 is 0 Å². The molecule has 27 heavy (non-hydrogen) atoms. The summed E-state index contributed by atoms with van der Waals surface area (Å²) in [5.74, 6) is 0.971. The highest BCUT2D eigenvalue weighted by Gasteiger charge is 2.37. The summed E-state index contributed by atoms with van der Waals surface area (Å²) in [6.07, 6.45) is 3.22. The zero-order valence-electron chi connectivity index (χ0n) is 16.3. The third-order valence-electron chi connectivity index (χ3n) is 5.22. The van der Waals surface area contributed by atoms with Crippen molar-refractivity contribution in [3.63, 3.8) is 0 Å². The van der Waals surface area contributed by atoms with Gasteiger partial charge >= 0.3 is 0 Å². The summed E-state index contributed by atoms with van der Waals surface area (Å²) in [5, 5.41) is 3.13. The molecular weight excluding hydrogens is 368 g/mol. The van der Waals surface area contributed by atoms with Crippen LogP contribution in [0.25, 0.3) is 0 Å². The summed E-state index contributed by atoms with van der Waals surface area (Å²) >= 11 is 0. The van der Waals surface area contributed by atoms with Gasteiger partial charge < -0.3 is 14.8 Å². The van der Waals surface area contributed by atoms with Crippen LogP contribution in [0.4, 0.5) is 0 Å². The Kier molecular flexibility index (Phi) is 5.40. The second kappa shape index (κ2) is 7.31. The van der Waals surface area contributed by atoms with Gasteiger partial charge in [0.05, 0.1) is 25.3 Å². The molecule has 2 atom stereocenters. The fourth-order valence-electron chi connectivity index (χ4n) is 3.83. The van der Waals surface area contributed by atoms with E-state index < -0.39 is 15.6 Å². The van der Waals surface area contributed by atoms with Gasteiger partial charge in [0.2, 0.25) is 15.9 Å². The second-order valence-electron chi connectivity index (χ2n) is 7.99. The van der Waals surface area contributed by atoms with E-state index in [-0.39, 0.29) is 24.4 Å². The Morgan fingerprint density at radius 2 is 2.11 bits per heavy atom. The molecule has 0 spiro atoms. The lowest BCUT2D eigenvalue weighted by Crippen LogP contribution is -2.47. The predicted molar refractivity (Wildman–Crippen MR) is 102 cm³/mol. The van der Waals surface area contributed by atoms with Gasteiger partial charge in [0.15, 0.2) is 0 Å². The van der Waals surface area contributed by atoms with Crippen LogP contribution in [-0.2, 0) is 14.8 Å².